The summed E-state index contributed by atoms with van der Waals surface area (Å²) in [7, 11) is 0. The molecule has 7 heteroatoms. The van der Waals surface area contributed by atoms with Crippen LogP contribution in [-0.2, 0) is 0 Å². The normalized spacial score (nSPS) is 28.4. The van der Waals surface area contributed by atoms with Gasteiger partial charge >= 0.3 is 0 Å². The van der Waals surface area contributed by atoms with Crippen LogP contribution in [0.2, 0.25) is 0 Å². The van der Waals surface area contributed by atoms with Crippen LogP contribution >= 0.6 is 0 Å². The molecule has 2 bridgehead atoms. The van der Waals surface area contributed by atoms with Crippen LogP contribution in [0.25, 0.3) is 27.7 Å². The number of pyridine rings is 1. The molecule has 2 aromatic heterocycles. The summed E-state index contributed by atoms with van der Waals surface area (Å²) in [5.74, 6) is 0.0746. The first-order valence-corrected chi connectivity index (χ1v) is 10.3. The topological polar surface area (TPSA) is 83.8 Å². The summed E-state index contributed by atoms with van der Waals surface area (Å²) in [6, 6.07) is 5.61. The second kappa shape index (κ2) is 7.09. The molecule has 1 aromatic carbocycles. The molecule has 0 spiro atoms. The third kappa shape index (κ3) is 3.13. The van der Waals surface area contributed by atoms with Crippen molar-refractivity contribution in [2.45, 2.75) is 50.4 Å². The number of fused-ring (bicyclic) bond motifs is 3. The first-order valence-electron chi connectivity index (χ1n) is 10.3. The van der Waals surface area contributed by atoms with Crippen LogP contribution in [0.4, 0.5) is 4.39 Å². The molecule has 2 N–H and O–H groups in total. The van der Waals surface area contributed by atoms with Crippen molar-refractivity contribution in [1.29, 1.82) is 0 Å². The molecular formula is C23H24FN5O. The van der Waals surface area contributed by atoms with E-state index in [0.717, 1.165) is 30.0 Å². The quantitative estimate of drug-likeness (QED) is 0.684. The molecule has 0 amide bonds. The average Bonchev–Trinajstić information content (AvgIpc) is 2.75. The molecule has 2 aliphatic heterocycles. The van der Waals surface area contributed by atoms with Crippen LogP contribution in [-0.4, -0.2) is 43.0 Å². The summed E-state index contributed by atoms with van der Waals surface area (Å²) < 4.78 is 15.4. The van der Waals surface area contributed by atoms with Gasteiger partial charge < -0.3 is 10.4 Å². The Balaban J connectivity index is 1.43. The Labute approximate surface area is 174 Å². The Kier molecular flexibility index (Phi) is 4.50. The SMILES string of the molecule is C=C(c1cnc(-c2cc3ccncc3cc2O)nn1)C1CC2CCC[C@](C)(N2)[C@H]1F. The zero-order chi connectivity index (χ0) is 20.9. The second-order valence-electron chi connectivity index (χ2n) is 8.68. The first kappa shape index (κ1) is 19.1. The van der Waals surface area contributed by atoms with Gasteiger partial charge in [-0.25, -0.2) is 9.37 Å². The van der Waals surface area contributed by atoms with Crippen molar-refractivity contribution < 1.29 is 9.50 Å². The number of benzene rings is 1. The van der Waals surface area contributed by atoms with Gasteiger partial charge in [-0.2, -0.15) is 0 Å². The monoisotopic (exact) mass is 405 g/mol. The number of phenolic OH excluding ortho intramolecular Hbond substituents is 1. The number of alkyl halides is 1. The van der Waals surface area contributed by atoms with Gasteiger partial charge in [-0.15, -0.1) is 10.2 Å². The summed E-state index contributed by atoms with van der Waals surface area (Å²) in [4.78, 5) is 8.46. The van der Waals surface area contributed by atoms with E-state index in [-0.39, 0.29) is 11.7 Å². The van der Waals surface area contributed by atoms with Crippen molar-refractivity contribution >= 4 is 16.3 Å². The summed E-state index contributed by atoms with van der Waals surface area (Å²) in [6.45, 7) is 6.12. The lowest BCUT2D eigenvalue weighted by molar-refractivity contribution is 0.0324. The van der Waals surface area contributed by atoms with Crippen LogP contribution in [0.5, 0.6) is 5.75 Å². The van der Waals surface area contributed by atoms with Crippen LogP contribution in [0.3, 0.4) is 0 Å². The molecule has 0 radical (unpaired) electrons. The van der Waals surface area contributed by atoms with E-state index in [0.29, 0.717) is 35.1 Å². The van der Waals surface area contributed by atoms with Gasteiger partial charge in [0.05, 0.1) is 11.8 Å². The zero-order valence-electron chi connectivity index (χ0n) is 16.8. The minimum absolute atomic E-state index is 0.0619. The van der Waals surface area contributed by atoms with Crippen molar-refractivity contribution in [3.8, 4) is 17.1 Å². The molecular weight excluding hydrogens is 381 g/mol. The van der Waals surface area contributed by atoms with Crippen molar-refractivity contribution in [2.75, 3.05) is 0 Å². The highest BCUT2D eigenvalue weighted by Gasteiger charge is 2.48. The van der Waals surface area contributed by atoms with E-state index in [2.05, 4.69) is 32.1 Å². The van der Waals surface area contributed by atoms with Crippen LogP contribution in [0, 0.1) is 5.92 Å². The van der Waals surface area contributed by atoms with Crippen LogP contribution < -0.4 is 5.32 Å². The van der Waals surface area contributed by atoms with E-state index in [1.165, 1.54) is 0 Å². The molecule has 4 atom stereocenters. The molecule has 2 fully saturated rings. The standard InChI is InChI=1S/C23H24FN5O/c1-13(17-10-16-4-3-6-23(2,27-16)21(17)24)19-12-26-22(29-28-19)18-8-14-5-7-25-11-15(14)9-20(18)30/h5,7-9,11-12,16-17,21,27,30H,1,3-4,6,10H2,2H3/t16?,17?,21-,23-/m0/s1. The molecule has 0 aliphatic carbocycles. The molecule has 2 unspecified atom stereocenters. The molecule has 4 heterocycles. The Morgan fingerprint density at radius 2 is 2.13 bits per heavy atom. The number of aromatic nitrogens is 4. The van der Waals surface area contributed by atoms with Crippen LogP contribution in [0.15, 0.2) is 43.4 Å². The number of hydrogen-bond donors (Lipinski definition) is 2. The fourth-order valence-electron chi connectivity index (χ4n) is 4.95. The number of allylic oxidation sites excluding steroid dienone is 1. The Hall–Kier alpha value is -2.93. The van der Waals surface area contributed by atoms with Crippen molar-refractivity contribution in [3.05, 3.63) is 49.1 Å². The van der Waals surface area contributed by atoms with Gasteiger partial charge in [0.15, 0.2) is 5.82 Å². The number of rotatable bonds is 3. The Morgan fingerprint density at radius 3 is 2.93 bits per heavy atom. The van der Waals surface area contributed by atoms with Gasteiger partial charge in [0.1, 0.15) is 17.6 Å². The predicted molar refractivity (Wildman–Crippen MR) is 113 cm³/mol. The highest BCUT2D eigenvalue weighted by Crippen LogP contribution is 2.43. The van der Waals surface area contributed by atoms with Gasteiger partial charge in [0.25, 0.3) is 0 Å². The molecule has 6 nitrogen and oxygen atoms in total. The average molecular weight is 405 g/mol. The maximum absolute atomic E-state index is 15.4. The Morgan fingerprint density at radius 1 is 1.27 bits per heavy atom. The van der Waals surface area contributed by atoms with E-state index in [1.54, 1.807) is 24.7 Å². The van der Waals surface area contributed by atoms with E-state index in [4.69, 9.17) is 0 Å². The minimum atomic E-state index is -1.03. The lowest BCUT2D eigenvalue weighted by atomic mass is 9.69. The molecule has 3 aromatic rings. The van der Waals surface area contributed by atoms with Gasteiger partial charge in [0, 0.05) is 35.3 Å². The lowest BCUT2D eigenvalue weighted by Crippen LogP contribution is -2.63. The van der Waals surface area contributed by atoms with E-state index < -0.39 is 11.7 Å². The third-order valence-corrected chi connectivity index (χ3v) is 6.62. The number of aromatic hydroxyl groups is 1. The highest BCUT2D eigenvalue weighted by molar-refractivity contribution is 5.88. The number of phenols is 1. The van der Waals surface area contributed by atoms with E-state index >= 15 is 4.39 Å². The Bertz CT molecular complexity index is 1120. The molecule has 5 rings (SSSR count). The maximum Gasteiger partial charge on any atom is 0.185 e. The third-order valence-electron chi connectivity index (χ3n) is 6.62. The molecule has 154 valence electrons. The maximum atomic E-state index is 15.4. The molecule has 30 heavy (non-hydrogen) atoms. The number of halogens is 1. The summed E-state index contributed by atoms with van der Waals surface area (Å²) >= 11 is 0. The number of piperidine rings is 2. The molecule has 0 saturated carbocycles. The van der Waals surface area contributed by atoms with Crippen molar-refractivity contribution in [3.63, 3.8) is 0 Å². The number of hydrogen-bond acceptors (Lipinski definition) is 6. The largest absolute Gasteiger partial charge is 0.507 e. The van der Waals surface area contributed by atoms with Crippen molar-refractivity contribution in [1.82, 2.24) is 25.5 Å². The summed E-state index contributed by atoms with van der Waals surface area (Å²) in [5, 5.41) is 24.1. The second-order valence-corrected chi connectivity index (χ2v) is 8.68. The highest BCUT2D eigenvalue weighted by atomic mass is 19.1. The van der Waals surface area contributed by atoms with E-state index in [1.807, 2.05) is 19.1 Å². The fourth-order valence-corrected chi connectivity index (χ4v) is 4.95. The predicted octanol–water partition coefficient (Wildman–Crippen LogP) is 4.06. The summed E-state index contributed by atoms with van der Waals surface area (Å²) in [6.07, 6.45) is 7.58. The van der Waals surface area contributed by atoms with Gasteiger partial charge in [-0.05, 0) is 61.8 Å². The molecule has 2 saturated heterocycles. The first-order chi connectivity index (χ1) is 14.4. The lowest BCUT2D eigenvalue weighted by Gasteiger charge is -2.50. The molecule has 2 aliphatic rings. The summed E-state index contributed by atoms with van der Waals surface area (Å²) in [5.41, 5.74) is 1.12. The van der Waals surface area contributed by atoms with Gasteiger partial charge in [-0.3, -0.25) is 4.98 Å². The van der Waals surface area contributed by atoms with E-state index in [9.17, 15) is 5.11 Å². The van der Waals surface area contributed by atoms with Crippen LogP contribution in [0.1, 0.15) is 38.3 Å². The number of nitrogens with zero attached hydrogens (tertiary/aromatic N) is 4. The fraction of sp³-hybridized carbons (Fsp3) is 0.391. The minimum Gasteiger partial charge on any atom is -0.507 e. The van der Waals surface area contributed by atoms with Crippen molar-refractivity contribution in [2.24, 2.45) is 5.92 Å². The van der Waals surface area contributed by atoms with Gasteiger partial charge in [0.2, 0.25) is 0 Å². The van der Waals surface area contributed by atoms with Gasteiger partial charge in [-0.1, -0.05) is 6.58 Å². The smallest absolute Gasteiger partial charge is 0.185 e. The number of nitrogens with one attached hydrogen (secondary N) is 1. The zero-order valence-corrected chi connectivity index (χ0v) is 16.8.